The lowest BCUT2D eigenvalue weighted by atomic mass is 10.2. The fraction of sp³-hybridized carbons (Fsp3) is 0.200. The number of carboxylic acids is 1. The van der Waals surface area contributed by atoms with Gasteiger partial charge < -0.3 is 5.11 Å². The third kappa shape index (κ3) is 3.08. The highest BCUT2D eigenvalue weighted by atomic mass is 32.1. The number of aromatic carboxylic acids is 1. The minimum absolute atomic E-state index is 0.0105. The third-order valence-corrected chi connectivity index (χ3v) is 5.38. The molecule has 2 N–H and O–H groups in total. The van der Waals surface area contributed by atoms with Crippen molar-refractivity contribution in [3.8, 4) is 10.6 Å². The molecular weight excluding hydrogens is 348 g/mol. The van der Waals surface area contributed by atoms with Gasteiger partial charge in [-0.15, -0.1) is 22.7 Å². The molecule has 0 atom stereocenters. The summed E-state index contributed by atoms with van der Waals surface area (Å²) >= 11 is 2.96. The summed E-state index contributed by atoms with van der Waals surface area (Å²) in [7, 11) is 1.52. The summed E-state index contributed by atoms with van der Waals surface area (Å²) < 4.78 is 1.24. The van der Waals surface area contributed by atoms with Gasteiger partial charge in [0.15, 0.2) is 5.13 Å². The number of aromatic nitrogens is 3. The number of carboxylic acid groups (broad SMARTS) is 1. The van der Waals surface area contributed by atoms with Crippen LogP contribution in [0.4, 0.5) is 5.13 Å². The van der Waals surface area contributed by atoms with E-state index in [0.717, 1.165) is 23.2 Å². The normalized spacial score (nSPS) is 10.8. The Kier molecular flexibility index (Phi) is 4.45. The van der Waals surface area contributed by atoms with Gasteiger partial charge in [-0.2, -0.15) is 5.10 Å². The summed E-state index contributed by atoms with van der Waals surface area (Å²) in [5, 5.41) is 17.9. The summed E-state index contributed by atoms with van der Waals surface area (Å²) in [6.45, 7) is 2.09. The van der Waals surface area contributed by atoms with Crippen LogP contribution >= 0.6 is 22.7 Å². The zero-order chi connectivity index (χ0) is 17.3. The highest BCUT2D eigenvalue weighted by molar-refractivity contribution is 7.17. The molecule has 0 aliphatic rings. The maximum absolute atomic E-state index is 12.4. The van der Waals surface area contributed by atoms with Gasteiger partial charge in [-0.25, -0.2) is 9.78 Å². The van der Waals surface area contributed by atoms with E-state index >= 15 is 0 Å². The smallest absolute Gasteiger partial charge is 0.339 e. The SMILES string of the molecule is CCc1ccc(-c2csc(NC(=O)c3c(C(=O)O)cnn3C)n2)s1. The van der Waals surface area contributed by atoms with Crippen molar-refractivity contribution in [2.45, 2.75) is 13.3 Å². The van der Waals surface area contributed by atoms with Crippen LogP contribution in [0.3, 0.4) is 0 Å². The monoisotopic (exact) mass is 362 g/mol. The molecule has 0 bridgehead atoms. The van der Waals surface area contributed by atoms with Gasteiger partial charge in [0.05, 0.1) is 16.8 Å². The predicted octanol–water partition coefficient (Wildman–Crippen LogP) is 3.12. The highest BCUT2D eigenvalue weighted by Crippen LogP contribution is 2.31. The van der Waals surface area contributed by atoms with Crippen LogP contribution in [0.2, 0.25) is 0 Å². The van der Waals surface area contributed by atoms with Crippen LogP contribution in [0.15, 0.2) is 23.7 Å². The van der Waals surface area contributed by atoms with Crippen molar-refractivity contribution in [2.24, 2.45) is 7.05 Å². The Bertz CT molecular complexity index is 910. The number of thiazole rings is 1. The lowest BCUT2D eigenvalue weighted by Crippen LogP contribution is -2.19. The molecule has 0 saturated carbocycles. The molecule has 0 spiro atoms. The molecule has 0 aliphatic carbocycles. The number of thiophene rings is 1. The average Bonchev–Trinajstić information content (AvgIpc) is 3.25. The van der Waals surface area contributed by atoms with Gasteiger partial charge >= 0.3 is 5.97 Å². The predicted molar refractivity (Wildman–Crippen MR) is 92.9 cm³/mol. The van der Waals surface area contributed by atoms with Crippen LogP contribution in [0.25, 0.3) is 10.6 Å². The minimum Gasteiger partial charge on any atom is -0.478 e. The molecule has 0 unspecified atom stereocenters. The largest absolute Gasteiger partial charge is 0.478 e. The van der Waals surface area contributed by atoms with Crippen LogP contribution in [0.1, 0.15) is 32.6 Å². The first-order valence-electron chi connectivity index (χ1n) is 7.10. The number of carbonyl (C=O) groups is 2. The number of rotatable bonds is 5. The Balaban J connectivity index is 1.81. The van der Waals surface area contributed by atoms with E-state index in [0.29, 0.717) is 5.13 Å². The zero-order valence-electron chi connectivity index (χ0n) is 12.9. The Morgan fingerprint density at radius 1 is 1.38 bits per heavy atom. The van der Waals surface area contributed by atoms with Crippen molar-refractivity contribution in [3.05, 3.63) is 39.8 Å². The standard InChI is InChI=1S/C15H14N4O3S2/c1-3-8-4-5-11(24-8)10-7-23-15(17-10)18-13(20)12-9(14(21)22)6-16-19(12)2/h4-7H,3H2,1-2H3,(H,21,22)(H,17,18,20). The van der Waals surface area contributed by atoms with E-state index in [1.54, 1.807) is 11.3 Å². The molecule has 1 amide bonds. The Morgan fingerprint density at radius 2 is 2.17 bits per heavy atom. The molecule has 0 aliphatic heterocycles. The molecule has 124 valence electrons. The van der Waals surface area contributed by atoms with E-state index in [9.17, 15) is 9.59 Å². The van der Waals surface area contributed by atoms with Crippen molar-refractivity contribution in [1.29, 1.82) is 0 Å². The van der Waals surface area contributed by atoms with E-state index in [2.05, 4.69) is 28.4 Å². The quantitative estimate of drug-likeness (QED) is 0.727. The lowest BCUT2D eigenvalue weighted by molar-refractivity contribution is 0.0692. The molecule has 3 rings (SSSR count). The third-order valence-electron chi connectivity index (χ3n) is 3.37. The molecule has 3 heterocycles. The van der Waals surface area contributed by atoms with Crippen molar-refractivity contribution in [1.82, 2.24) is 14.8 Å². The second-order valence-corrected chi connectivity index (χ2v) is 6.97. The first-order valence-corrected chi connectivity index (χ1v) is 8.80. The molecule has 24 heavy (non-hydrogen) atoms. The fourth-order valence-corrected chi connectivity index (χ4v) is 3.86. The topological polar surface area (TPSA) is 97.1 Å². The minimum atomic E-state index is -1.20. The fourth-order valence-electron chi connectivity index (χ4n) is 2.17. The van der Waals surface area contributed by atoms with Crippen molar-refractivity contribution in [2.75, 3.05) is 5.32 Å². The Morgan fingerprint density at radius 3 is 2.83 bits per heavy atom. The van der Waals surface area contributed by atoms with E-state index in [-0.39, 0.29) is 11.3 Å². The number of amides is 1. The van der Waals surface area contributed by atoms with Gasteiger partial charge in [-0.3, -0.25) is 14.8 Å². The molecule has 0 fully saturated rings. The number of anilines is 1. The number of aryl methyl sites for hydroxylation is 2. The number of carbonyl (C=O) groups excluding carboxylic acids is 1. The van der Waals surface area contributed by atoms with Crippen LogP contribution < -0.4 is 5.32 Å². The van der Waals surface area contributed by atoms with Gasteiger partial charge in [-0.05, 0) is 18.6 Å². The summed E-state index contributed by atoms with van der Waals surface area (Å²) in [4.78, 5) is 30.2. The van der Waals surface area contributed by atoms with Crippen molar-refractivity contribution < 1.29 is 14.7 Å². The van der Waals surface area contributed by atoms with Gasteiger partial charge in [-0.1, -0.05) is 6.92 Å². The molecule has 9 heteroatoms. The summed E-state index contributed by atoms with van der Waals surface area (Å²) in [6, 6.07) is 4.07. The molecule has 0 aromatic carbocycles. The van der Waals surface area contributed by atoms with Crippen LogP contribution in [0, 0.1) is 0 Å². The Hall–Kier alpha value is -2.52. The van der Waals surface area contributed by atoms with E-state index < -0.39 is 11.9 Å². The van der Waals surface area contributed by atoms with Gasteiger partial charge in [0.2, 0.25) is 0 Å². The number of nitrogens with one attached hydrogen (secondary N) is 1. The molecule has 0 saturated heterocycles. The van der Waals surface area contributed by atoms with E-state index in [1.165, 1.54) is 27.9 Å². The lowest BCUT2D eigenvalue weighted by Gasteiger charge is -2.03. The second kappa shape index (κ2) is 6.54. The molecule has 3 aromatic rings. The van der Waals surface area contributed by atoms with Crippen molar-refractivity contribution in [3.63, 3.8) is 0 Å². The average molecular weight is 362 g/mol. The maximum atomic E-state index is 12.4. The van der Waals surface area contributed by atoms with Gasteiger partial charge in [0.1, 0.15) is 11.3 Å². The number of hydrogen-bond donors (Lipinski definition) is 2. The Labute approximate surface area is 145 Å². The number of hydrogen-bond acceptors (Lipinski definition) is 6. The van der Waals surface area contributed by atoms with Crippen LogP contribution in [0.5, 0.6) is 0 Å². The molecule has 7 nitrogen and oxygen atoms in total. The van der Waals surface area contributed by atoms with Crippen LogP contribution in [-0.4, -0.2) is 31.7 Å². The molecule has 0 radical (unpaired) electrons. The summed E-state index contributed by atoms with van der Waals surface area (Å²) in [5.41, 5.74) is 0.643. The van der Waals surface area contributed by atoms with Gasteiger partial charge in [0, 0.05) is 17.3 Å². The highest BCUT2D eigenvalue weighted by Gasteiger charge is 2.22. The maximum Gasteiger partial charge on any atom is 0.339 e. The zero-order valence-corrected chi connectivity index (χ0v) is 14.6. The number of nitrogens with zero attached hydrogens (tertiary/aromatic N) is 3. The summed E-state index contributed by atoms with van der Waals surface area (Å²) in [6.07, 6.45) is 2.12. The molecule has 3 aromatic heterocycles. The first kappa shape index (κ1) is 16.3. The van der Waals surface area contributed by atoms with E-state index in [1.807, 2.05) is 11.4 Å². The van der Waals surface area contributed by atoms with Crippen LogP contribution in [-0.2, 0) is 13.5 Å². The summed E-state index contributed by atoms with van der Waals surface area (Å²) in [5.74, 6) is -1.74. The second-order valence-electron chi connectivity index (χ2n) is 4.95. The van der Waals surface area contributed by atoms with Gasteiger partial charge in [0.25, 0.3) is 5.91 Å². The first-order chi connectivity index (χ1) is 11.5. The van der Waals surface area contributed by atoms with E-state index in [4.69, 9.17) is 5.11 Å². The molecular formula is C15H14N4O3S2. The van der Waals surface area contributed by atoms with Crippen molar-refractivity contribution >= 4 is 39.7 Å².